The van der Waals surface area contributed by atoms with Crippen LogP contribution in [0.3, 0.4) is 0 Å². The third kappa shape index (κ3) is 3.93. The maximum absolute atomic E-state index is 11.7. The maximum atomic E-state index is 11.7. The van der Waals surface area contributed by atoms with E-state index in [0.29, 0.717) is 33.8 Å². The Hall–Kier alpha value is -2.11. The van der Waals surface area contributed by atoms with E-state index in [9.17, 15) is 4.79 Å². The Morgan fingerprint density at radius 1 is 1.24 bits per heavy atom. The van der Waals surface area contributed by atoms with Crippen LogP contribution in [0.4, 0.5) is 11.6 Å². The van der Waals surface area contributed by atoms with Gasteiger partial charge >= 0.3 is 0 Å². The third-order valence-corrected chi connectivity index (χ3v) is 3.15. The zero-order valence-electron chi connectivity index (χ0n) is 10.9. The SMILES string of the molecule is C=CCNC(=O)c1cnc(Nc2c(Cl)cccc2Cl)nc1. The van der Waals surface area contributed by atoms with Crippen molar-refractivity contribution >= 4 is 40.7 Å². The van der Waals surface area contributed by atoms with E-state index < -0.39 is 0 Å². The van der Waals surface area contributed by atoms with E-state index in [4.69, 9.17) is 23.2 Å². The standard InChI is InChI=1S/C14H12Cl2N4O/c1-2-6-17-13(21)9-7-18-14(19-8-9)20-12-10(15)4-3-5-11(12)16/h2-5,7-8H,1,6H2,(H,17,21)(H,18,19,20). The van der Waals surface area contributed by atoms with Crippen molar-refractivity contribution in [2.75, 3.05) is 11.9 Å². The summed E-state index contributed by atoms with van der Waals surface area (Å²) in [5, 5.41) is 6.47. The molecule has 0 spiro atoms. The molecular formula is C14H12Cl2N4O. The Bertz CT molecular complexity index is 638. The lowest BCUT2D eigenvalue weighted by atomic mass is 10.3. The smallest absolute Gasteiger partial charge is 0.254 e. The molecule has 0 aliphatic carbocycles. The number of carbonyl (C=O) groups excluding carboxylic acids is 1. The van der Waals surface area contributed by atoms with Gasteiger partial charge in [0.25, 0.3) is 5.91 Å². The molecule has 2 rings (SSSR count). The predicted molar refractivity (Wildman–Crippen MR) is 84.3 cm³/mol. The fourth-order valence-electron chi connectivity index (χ4n) is 1.51. The third-order valence-electron chi connectivity index (χ3n) is 2.52. The van der Waals surface area contributed by atoms with Gasteiger partial charge in [0.05, 0.1) is 21.3 Å². The number of hydrogen-bond acceptors (Lipinski definition) is 4. The van der Waals surface area contributed by atoms with Gasteiger partial charge in [-0.05, 0) is 12.1 Å². The monoisotopic (exact) mass is 322 g/mol. The van der Waals surface area contributed by atoms with Gasteiger partial charge in [0.1, 0.15) is 0 Å². The van der Waals surface area contributed by atoms with Crippen LogP contribution in [0.1, 0.15) is 10.4 Å². The van der Waals surface area contributed by atoms with E-state index in [1.807, 2.05) is 0 Å². The van der Waals surface area contributed by atoms with Crippen LogP contribution in [0.15, 0.2) is 43.2 Å². The lowest BCUT2D eigenvalue weighted by molar-refractivity contribution is 0.0957. The van der Waals surface area contributed by atoms with Gasteiger partial charge in [-0.2, -0.15) is 0 Å². The van der Waals surface area contributed by atoms with Crippen LogP contribution in [0.25, 0.3) is 0 Å². The second-order valence-corrected chi connectivity index (χ2v) is 4.83. The zero-order valence-corrected chi connectivity index (χ0v) is 12.4. The molecule has 1 aromatic carbocycles. The first-order chi connectivity index (χ1) is 10.1. The van der Waals surface area contributed by atoms with Crippen LogP contribution in [-0.4, -0.2) is 22.4 Å². The Kier molecular flexibility index (Phi) is 5.14. The fraction of sp³-hybridized carbons (Fsp3) is 0.0714. The summed E-state index contributed by atoms with van der Waals surface area (Å²) >= 11 is 12.1. The van der Waals surface area contributed by atoms with Crippen LogP contribution in [0.5, 0.6) is 0 Å². The van der Waals surface area contributed by atoms with Crippen LogP contribution in [0, 0.1) is 0 Å². The summed E-state index contributed by atoms with van der Waals surface area (Å²) < 4.78 is 0. The molecule has 0 radical (unpaired) electrons. The first kappa shape index (κ1) is 15.3. The second kappa shape index (κ2) is 7.06. The number of carbonyl (C=O) groups is 1. The normalized spacial score (nSPS) is 10.0. The highest BCUT2D eigenvalue weighted by atomic mass is 35.5. The number of anilines is 2. The molecule has 7 heteroatoms. The average molecular weight is 323 g/mol. The van der Waals surface area contributed by atoms with E-state index in [0.717, 1.165) is 0 Å². The molecule has 0 aliphatic heterocycles. The molecule has 0 saturated heterocycles. The lowest BCUT2D eigenvalue weighted by Crippen LogP contribution is -2.23. The minimum atomic E-state index is -0.266. The molecule has 1 heterocycles. The van der Waals surface area contributed by atoms with Gasteiger partial charge in [-0.1, -0.05) is 35.3 Å². The molecule has 0 aliphatic rings. The first-order valence-electron chi connectivity index (χ1n) is 6.04. The van der Waals surface area contributed by atoms with E-state index in [2.05, 4.69) is 27.2 Å². The van der Waals surface area contributed by atoms with Crippen LogP contribution < -0.4 is 10.6 Å². The maximum Gasteiger partial charge on any atom is 0.254 e. The topological polar surface area (TPSA) is 66.9 Å². The van der Waals surface area contributed by atoms with Crippen molar-refractivity contribution in [3.05, 3.63) is 58.9 Å². The molecule has 0 saturated carbocycles. The molecule has 2 N–H and O–H groups in total. The van der Waals surface area contributed by atoms with Crippen molar-refractivity contribution in [1.29, 1.82) is 0 Å². The number of rotatable bonds is 5. The van der Waals surface area contributed by atoms with Gasteiger partial charge in [-0.3, -0.25) is 4.79 Å². The summed E-state index contributed by atoms with van der Waals surface area (Å²) in [5.41, 5.74) is 0.873. The molecule has 1 amide bonds. The summed E-state index contributed by atoms with van der Waals surface area (Å²) in [6, 6.07) is 5.14. The molecule has 5 nitrogen and oxygen atoms in total. The fourth-order valence-corrected chi connectivity index (χ4v) is 2.00. The molecular weight excluding hydrogens is 311 g/mol. The lowest BCUT2D eigenvalue weighted by Gasteiger charge is -2.09. The summed E-state index contributed by atoms with van der Waals surface area (Å²) in [6.07, 6.45) is 4.42. The van der Waals surface area contributed by atoms with Gasteiger partial charge in [-0.15, -0.1) is 6.58 Å². The number of para-hydroxylation sites is 1. The molecule has 0 unspecified atom stereocenters. The summed E-state index contributed by atoms with van der Waals surface area (Å²) in [5.74, 6) is 0.0301. The van der Waals surface area contributed by atoms with E-state index in [-0.39, 0.29) is 5.91 Å². The molecule has 2 aromatic rings. The molecule has 21 heavy (non-hydrogen) atoms. The van der Waals surface area contributed by atoms with E-state index in [1.165, 1.54) is 12.4 Å². The molecule has 0 bridgehead atoms. The number of hydrogen-bond donors (Lipinski definition) is 2. The minimum Gasteiger partial charge on any atom is -0.348 e. The number of benzene rings is 1. The van der Waals surface area contributed by atoms with E-state index >= 15 is 0 Å². The Morgan fingerprint density at radius 3 is 2.43 bits per heavy atom. The van der Waals surface area contributed by atoms with Crippen molar-refractivity contribution in [1.82, 2.24) is 15.3 Å². The average Bonchev–Trinajstić information content (AvgIpc) is 2.49. The van der Waals surface area contributed by atoms with Gasteiger partial charge in [0.2, 0.25) is 5.95 Å². The van der Waals surface area contributed by atoms with Gasteiger partial charge in [0.15, 0.2) is 0 Å². The number of aromatic nitrogens is 2. The highest BCUT2D eigenvalue weighted by Crippen LogP contribution is 2.31. The molecule has 1 aromatic heterocycles. The molecule has 108 valence electrons. The quantitative estimate of drug-likeness (QED) is 0.827. The highest BCUT2D eigenvalue weighted by molar-refractivity contribution is 6.39. The Morgan fingerprint density at radius 2 is 1.86 bits per heavy atom. The predicted octanol–water partition coefficient (Wildman–Crippen LogP) is 3.44. The number of halogens is 2. The van der Waals surface area contributed by atoms with Crippen molar-refractivity contribution < 1.29 is 4.79 Å². The van der Waals surface area contributed by atoms with E-state index in [1.54, 1.807) is 24.3 Å². The van der Waals surface area contributed by atoms with Gasteiger partial charge in [0, 0.05) is 18.9 Å². The number of nitrogens with zero attached hydrogens (tertiary/aromatic N) is 2. The summed E-state index contributed by atoms with van der Waals surface area (Å²) in [6.45, 7) is 3.91. The number of amides is 1. The van der Waals surface area contributed by atoms with Crippen molar-refractivity contribution in [3.8, 4) is 0 Å². The van der Waals surface area contributed by atoms with Gasteiger partial charge in [-0.25, -0.2) is 9.97 Å². The summed E-state index contributed by atoms with van der Waals surface area (Å²) in [7, 11) is 0. The Balaban J connectivity index is 2.12. The second-order valence-electron chi connectivity index (χ2n) is 4.02. The van der Waals surface area contributed by atoms with Crippen LogP contribution in [0.2, 0.25) is 10.0 Å². The number of nitrogens with one attached hydrogen (secondary N) is 2. The van der Waals surface area contributed by atoms with Crippen molar-refractivity contribution in [2.24, 2.45) is 0 Å². The highest BCUT2D eigenvalue weighted by Gasteiger charge is 2.09. The molecule has 0 fully saturated rings. The van der Waals surface area contributed by atoms with Crippen LogP contribution in [-0.2, 0) is 0 Å². The van der Waals surface area contributed by atoms with Crippen molar-refractivity contribution in [3.63, 3.8) is 0 Å². The largest absolute Gasteiger partial charge is 0.348 e. The molecule has 0 atom stereocenters. The first-order valence-corrected chi connectivity index (χ1v) is 6.79. The summed E-state index contributed by atoms with van der Waals surface area (Å²) in [4.78, 5) is 19.8. The Labute approximate surface area is 132 Å². The van der Waals surface area contributed by atoms with Crippen molar-refractivity contribution in [2.45, 2.75) is 0 Å². The zero-order chi connectivity index (χ0) is 15.2. The minimum absolute atomic E-state index is 0.266. The van der Waals surface area contributed by atoms with Gasteiger partial charge < -0.3 is 10.6 Å². The van der Waals surface area contributed by atoms with Crippen LogP contribution >= 0.6 is 23.2 Å².